The van der Waals surface area contributed by atoms with E-state index in [1.54, 1.807) is 31.3 Å². The topological polar surface area (TPSA) is 90.9 Å². The number of hydrogen-bond donors (Lipinski definition) is 3. The molecule has 0 radical (unpaired) electrons. The molecule has 3 N–H and O–H groups in total. The molecule has 6 heteroatoms. The molecular weight excluding hydrogens is 246 g/mol. The van der Waals surface area contributed by atoms with E-state index in [4.69, 9.17) is 0 Å². The molecule has 0 fully saturated rings. The van der Waals surface area contributed by atoms with Crippen LogP contribution in [0.5, 0.6) is 5.75 Å². The Balaban J connectivity index is 2.50. The summed E-state index contributed by atoms with van der Waals surface area (Å²) >= 11 is 0. The SMILES string of the molecule is Cn1c(=O)c(-c2cc(=O)[nH][nH]2)c(O)c2ccccc21. The van der Waals surface area contributed by atoms with Crippen molar-refractivity contribution in [2.75, 3.05) is 0 Å². The fourth-order valence-electron chi connectivity index (χ4n) is 2.19. The number of fused-ring (bicyclic) bond motifs is 1. The third-order valence-corrected chi connectivity index (χ3v) is 3.14. The third kappa shape index (κ3) is 1.57. The van der Waals surface area contributed by atoms with Gasteiger partial charge in [0.2, 0.25) is 0 Å². The second kappa shape index (κ2) is 3.88. The molecule has 0 aliphatic rings. The highest BCUT2D eigenvalue weighted by Crippen LogP contribution is 2.30. The highest BCUT2D eigenvalue weighted by molar-refractivity contribution is 5.91. The zero-order chi connectivity index (χ0) is 13.6. The Kier molecular flexibility index (Phi) is 2.31. The summed E-state index contributed by atoms with van der Waals surface area (Å²) in [5.74, 6) is -0.131. The van der Waals surface area contributed by atoms with Gasteiger partial charge in [0, 0.05) is 18.5 Å². The summed E-state index contributed by atoms with van der Waals surface area (Å²) < 4.78 is 1.44. The van der Waals surface area contributed by atoms with Crippen LogP contribution in [0.2, 0.25) is 0 Å². The van der Waals surface area contributed by atoms with E-state index in [1.165, 1.54) is 10.6 Å². The van der Waals surface area contributed by atoms with Gasteiger partial charge in [-0.05, 0) is 12.1 Å². The summed E-state index contributed by atoms with van der Waals surface area (Å²) in [6, 6.07) is 8.28. The van der Waals surface area contributed by atoms with Gasteiger partial charge in [-0.1, -0.05) is 12.1 Å². The van der Waals surface area contributed by atoms with Crippen LogP contribution < -0.4 is 11.1 Å². The smallest absolute Gasteiger partial charge is 0.264 e. The summed E-state index contributed by atoms with van der Waals surface area (Å²) in [4.78, 5) is 23.4. The molecule has 0 saturated carbocycles. The Labute approximate surface area is 106 Å². The van der Waals surface area contributed by atoms with Crippen molar-refractivity contribution in [2.24, 2.45) is 7.05 Å². The van der Waals surface area contributed by atoms with Gasteiger partial charge in [0.05, 0.1) is 11.2 Å². The molecule has 0 saturated heterocycles. The molecular formula is C13H11N3O3. The van der Waals surface area contributed by atoms with Crippen LogP contribution in [-0.2, 0) is 7.05 Å². The van der Waals surface area contributed by atoms with Crippen molar-refractivity contribution in [3.63, 3.8) is 0 Å². The largest absolute Gasteiger partial charge is 0.506 e. The first-order valence-electron chi connectivity index (χ1n) is 5.68. The van der Waals surface area contributed by atoms with E-state index in [-0.39, 0.29) is 28.1 Å². The van der Waals surface area contributed by atoms with Crippen molar-refractivity contribution < 1.29 is 5.11 Å². The van der Waals surface area contributed by atoms with Crippen LogP contribution in [0.4, 0.5) is 0 Å². The number of aromatic amines is 2. The molecule has 0 atom stereocenters. The number of nitrogens with zero attached hydrogens (tertiary/aromatic N) is 1. The lowest BCUT2D eigenvalue weighted by Gasteiger charge is -2.10. The van der Waals surface area contributed by atoms with Crippen molar-refractivity contribution in [1.82, 2.24) is 14.8 Å². The molecule has 2 heterocycles. The van der Waals surface area contributed by atoms with E-state index in [0.29, 0.717) is 10.9 Å². The second-order valence-corrected chi connectivity index (χ2v) is 4.28. The van der Waals surface area contributed by atoms with Gasteiger partial charge in [-0.15, -0.1) is 0 Å². The molecule has 0 aliphatic carbocycles. The average Bonchev–Trinajstić information content (AvgIpc) is 2.83. The maximum absolute atomic E-state index is 12.3. The average molecular weight is 257 g/mol. The number of nitrogens with one attached hydrogen (secondary N) is 2. The molecule has 3 rings (SSSR count). The van der Waals surface area contributed by atoms with Gasteiger partial charge in [0.25, 0.3) is 11.1 Å². The van der Waals surface area contributed by atoms with E-state index in [2.05, 4.69) is 10.2 Å². The highest BCUT2D eigenvalue weighted by atomic mass is 16.3. The van der Waals surface area contributed by atoms with Crippen LogP contribution in [0.15, 0.2) is 39.9 Å². The van der Waals surface area contributed by atoms with E-state index in [9.17, 15) is 14.7 Å². The molecule has 2 aromatic heterocycles. The molecule has 0 bridgehead atoms. The molecule has 0 aliphatic heterocycles. The van der Waals surface area contributed by atoms with Gasteiger partial charge < -0.3 is 9.67 Å². The lowest BCUT2D eigenvalue weighted by atomic mass is 10.1. The lowest BCUT2D eigenvalue weighted by Crippen LogP contribution is -2.19. The van der Waals surface area contributed by atoms with Gasteiger partial charge >= 0.3 is 0 Å². The van der Waals surface area contributed by atoms with Crippen LogP contribution in [-0.4, -0.2) is 19.9 Å². The third-order valence-electron chi connectivity index (χ3n) is 3.14. The number of hydrogen-bond acceptors (Lipinski definition) is 3. The number of aromatic nitrogens is 3. The Morgan fingerprint density at radius 3 is 2.58 bits per heavy atom. The molecule has 0 unspecified atom stereocenters. The molecule has 96 valence electrons. The summed E-state index contributed by atoms with van der Waals surface area (Å²) in [5, 5.41) is 15.8. The summed E-state index contributed by atoms with van der Waals surface area (Å²) in [5.41, 5.74) is 0.260. The minimum Gasteiger partial charge on any atom is -0.506 e. The normalized spacial score (nSPS) is 11.0. The molecule has 1 aromatic carbocycles. The number of H-pyrrole nitrogens is 2. The maximum atomic E-state index is 12.3. The van der Waals surface area contributed by atoms with Crippen molar-refractivity contribution in [2.45, 2.75) is 0 Å². The molecule has 3 aromatic rings. The Bertz CT molecular complexity index is 886. The Morgan fingerprint density at radius 2 is 1.89 bits per heavy atom. The number of benzene rings is 1. The van der Waals surface area contributed by atoms with Crippen molar-refractivity contribution >= 4 is 10.9 Å². The predicted octanol–water partition coefficient (Wildman–Crippen LogP) is 0.928. The number of para-hydroxylation sites is 1. The second-order valence-electron chi connectivity index (χ2n) is 4.28. The van der Waals surface area contributed by atoms with E-state index in [0.717, 1.165) is 0 Å². The van der Waals surface area contributed by atoms with Crippen LogP contribution >= 0.6 is 0 Å². The molecule has 0 spiro atoms. The predicted molar refractivity (Wildman–Crippen MR) is 71.3 cm³/mol. The van der Waals surface area contributed by atoms with Crippen LogP contribution in [0, 0.1) is 0 Å². The van der Waals surface area contributed by atoms with Crippen LogP contribution in [0.1, 0.15) is 0 Å². The van der Waals surface area contributed by atoms with E-state index < -0.39 is 0 Å². The van der Waals surface area contributed by atoms with Gasteiger partial charge in [0.15, 0.2) is 0 Å². The minimum atomic E-state index is -0.369. The molecule has 19 heavy (non-hydrogen) atoms. The molecule has 6 nitrogen and oxygen atoms in total. The maximum Gasteiger partial charge on any atom is 0.264 e. The number of rotatable bonds is 1. The van der Waals surface area contributed by atoms with Crippen molar-refractivity contribution in [1.29, 1.82) is 0 Å². The highest BCUT2D eigenvalue weighted by Gasteiger charge is 2.17. The van der Waals surface area contributed by atoms with E-state index in [1.807, 2.05) is 0 Å². The van der Waals surface area contributed by atoms with E-state index >= 15 is 0 Å². The first-order valence-corrected chi connectivity index (χ1v) is 5.68. The van der Waals surface area contributed by atoms with Crippen LogP contribution in [0.25, 0.3) is 22.2 Å². The summed E-state index contributed by atoms with van der Waals surface area (Å²) in [7, 11) is 1.62. The number of aryl methyl sites for hydroxylation is 1. The fourth-order valence-corrected chi connectivity index (χ4v) is 2.19. The summed E-state index contributed by atoms with van der Waals surface area (Å²) in [6.45, 7) is 0. The zero-order valence-corrected chi connectivity index (χ0v) is 10.1. The zero-order valence-electron chi connectivity index (χ0n) is 10.1. The quantitative estimate of drug-likeness (QED) is 0.605. The van der Waals surface area contributed by atoms with Gasteiger partial charge in [0.1, 0.15) is 11.3 Å². The first-order chi connectivity index (χ1) is 9.09. The van der Waals surface area contributed by atoms with Gasteiger partial charge in [-0.25, -0.2) is 0 Å². The Hall–Kier alpha value is -2.76. The standard InChI is InChI=1S/C13H11N3O3/c1-16-9-5-3-2-4-7(9)12(18)11(13(16)19)8-6-10(17)15-14-8/h2-6,18H,1H3,(H2,14,15,17). The van der Waals surface area contributed by atoms with Crippen molar-refractivity contribution in [3.8, 4) is 17.0 Å². The van der Waals surface area contributed by atoms with Gasteiger partial charge in [-0.3, -0.25) is 19.8 Å². The number of pyridine rings is 1. The first kappa shape index (κ1) is 11.3. The number of aromatic hydroxyl groups is 1. The summed E-state index contributed by atoms with van der Waals surface area (Å²) in [6.07, 6.45) is 0. The molecule has 0 amide bonds. The lowest BCUT2D eigenvalue weighted by molar-refractivity contribution is 0.481. The van der Waals surface area contributed by atoms with Crippen molar-refractivity contribution in [3.05, 3.63) is 51.0 Å². The Morgan fingerprint density at radius 1 is 1.16 bits per heavy atom. The van der Waals surface area contributed by atoms with Crippen LogP contribution in [0.3, 0.4) is 0 Å². The van der Waals surface area contributed by atoms with Gasteiger partial charge in [-0.2, -0.15) is 0 Å². The fraction of sp³-hybridized carbons (Fsp3) is 0.0769. The minimum absolute atomic E-state index is 0.0829. The monoisotopic (exact) mass is 257 g/mol.